The molecule has 2 nitrogen and oxygen atoms in total. The lowest BCUT2D eigenvalue weighted by Crippen LogP contribution is -2.19. The molecule has 0 heterocycles. The van der Waals surface area contributed by atoms with E-state index in [9.17, 15) is 0 Å². The molecule has 1 fully saturated rings. The second-order valence-corrected chi connectivity index (χ2v) is 7.62. The van der Waals surface area contributed by atoms with Crippen molar-refractivity contribution >= 4 is 0 Å². The van der Waals surface area contributed by atoms with E-state index in [2.05, 4.69) is 32.9 Å². The average Bonchev–Trinajstić information content (AvgIpc) is 2.48. The maximum absolute atomic E-state index is 5.85. The fourth-order valence-electron chi connectivity index (χ4n) is 3.14. The molecule has 0 aromatic heterocycles. The minimum absolute atomic E-state index is 0.177. The van der Waals surface area contributed by atoms with E-state index in [1.807, 2.05) is 19.1 Å². The number of benzene rings is 1. The highest BCUT2D eigenvalue weighted by atomic mass is 16.7. The van der Waals surface area contributed by atoms with E-state index in [1.54, 1.807) is 0 Å². The summed E-state index contributed by atoms with van der Waals surface area (Å²) in [6, 6.07) is 8.37. The topological polar surface area (TPSA) is 18.5 Å². The van der Waals surface area contributed by atoms with Crippen LogP contribution >= 0.6 is 0 Å². The lowest BCUT2D eigenvalue weighted by atomic mass is 9.87. The van der Waals surface area contributed by atoms with Crippen LogP contribution < -0.4 is 4.74 Å². The van der Waals surface area contributed by atoms with Gasteiger partial charge in [0.2, 0.25) is 0 Å². The summed E-state index contributed by atoms with van der Waals surface area (Å²) in [5.74, 6) is 1.75. The van der Waals surface area contributed by atoms with Crippen LogP contribution in [0.15, 0.2) is 24.3 Å². The molecule has 1 aromatic rings. The lowest BCUT2D eigenvalue weighted by molar-refractivity contribution is -0.0711. The molecule has 124 valence electrons. The Bertz CT molecular complexity index is 424. The van der Waals surface area contributed by atoms with E-state index in [4.69, 9.17) is 9.47 Å². The van der Waals surface area contributed by atoms with Gasteiger partial charge in [-0.1, -0.05) is 65.0 Å². The van der Waals surface area contributed by atoms with Gasteiger partial charge in [-0.15, -0.1) is 0 Å². The summed E-state index contributed by atoms with van der Waals surface area (Å²) in [5, 5.41) is 0. The van der Waals surface area contributed by atoms with Crippen molar-refractivity contribution in [1.82, 2.24) is 0 Å². The maximum Gasteiger partial charge on any atom is 0.196 e. The van der Waals surface area contributed by atoms with Gasteiger partial charge in [-0.3, -0.25) is 0 Å². The van der Waals surface area contributed by atoms with Crippen LogP contribution in [0.1, 0.15) is 71.8 Å². The Morgan fingerprint density at radius 1 is 1.05 bits per heavy atom. The van der Waals surface area contributed by atoms with Crippen LogP contribution in [0.25, 0.3) is 0 Å². The highest BCUT2D eigenvalue weighted by Gasteiger charge is 2.15. The van der Waals surface area contributed by atoms with Crippen LogP contribution in [0.4, 0.5) is 0 Å². The average molecular weight is 304 g/mol. The van der Waals surface area contributed by atoms with Gasteiger partial charge in [0.15, 0.2) is 6.29 Å². The number of hydrogen-bond acceptors (Lipinski definition) is 2. The molecule has 0 bridgehead atoms. The molecule has 1 atom stereocenters. The van der Waals surface area contributed by atoms with Crippen molar-refractivity contribution in [3.8, 4) is 5.75 Å². The number of hydrogen-bond donors (Lipinski definition) is 0. The fraction of sp³-hybridized carbons (Fsp3) is 0.700. The van der Waals surface area contributed by atoms with Crippen LogP contribution in [-0.2, 0) is 10.2 Å². The van der Waals surface area contributed by atoms with Crippen molar-refractivity contribution in [3.05, 3.63) is 29.8 Å². The minimum atomic E-state index is -0.177. The van der Waals surface area contributed by atoms with Crippen molar-refractivity contribution in [3.63, 3.8) is 0 Å². The molecule has 1 aliphatic carbocycles. The van der Waals surface area contributed by atoms with Gasteiger partial charge in [-0.05, 0) is 42.4 Å². The summed E-state index contributed by atoms with van der Waals surface area (Å²) in [4.78, 5) is 0. The minimum Gasteiger partial charge on any atom is -0.465 e. The molecule has 22 heavy (non-hydrogen) atoms. The molecule has 0 spiro atoms. The van der Waals surface area contributed by atoms with E-state index in [0.717, 1.165) is 18.3 Å². The van der Waals surface area contributed by atoms with Crippen molar-refractivity contribution in [2.45, 2.75) is 77.9 Å². The number of ether oxygens (including phenoxy) is 2. The third kappa shape index (κ3) is 5.64. The van der Waals surface area contributed by atoms with Gasteiger partial charge in [0, 0.05) is 0 Å². The van der Waals surface area contributed by atoms with Gasteiger partial charge in [0.05, 0.1) is 6.61 Å². The molecular weight excluding hydrogens is 272 g/mol. The highest BCUT2D eigenvalue weighted by Crippen LogP contribution is 2.27. The summed E-state index contributed by atoms with van der Waals surface area (Å²) in [6.07, 6.45) is 7.98. The van der Waals surface area contributed by atoms with E-state index in [1.165, 1.54) is 44.1 Å². The quantitative estimate of drug-likeness (QED) is 0.628. The molecule has 1 aliphatic rings. The molecule has 0 amide bonds. The molecule has 0 N–H and O–H groups in total. The van der Waals surface area contributed by atoms with E-state index in [0.29, 0.717) is 0 Å². The summed E-state index contributed by atoms with van der Waals surface area (Å²) in [7, 11) is 0. The van der Waals surface area contributed by atoms with Gasteiger partial charge >= 0.3 is 0 Å². The number of rotatable bonds is 6. The van der Waals surface area contributed by atoms with Gasteiger partial charge in [0.25, 0.3) is 0 Å². The van der Waals surface area contributed by atoms with Crippen LogP contribution in [0, 0.1) is 5.92 Å². The Morgan fingerprint density at radius 3 is 2.27 bits per heavy atom. The first-order chi connectivity index (χ1) is 10.4. The summed E-state index contributed by atoms with van der Waals surface area (Å²) < 4.78 is 11.7. The largest absolute Gasteiger partial charge is 0.465 e. The second kappa shape index (κ2) is 8.01. The first kappa shape index (κ1) is 17.3. The Balaban J connectivity index is 1.71. The predicted octanol–water partition coefficient (Wildman–Crippen LogP) is 5.70. The van der Waals surface area contributed by atoms with Gasteiger partial charge in [0.1, 0.15) is 5.75 Å². The molecule has 0 radical (unpaired) electrons. The zero-order valence-corrected chi connectivity index (χ0v) is 14.7. The Morgan fingerprint density at radius 2 is 1.68 bits per heavy atom. The normalized spacial score (nSPS) is 18.2. The first-order valence-corrected chi connectivity index (χ1v) is 8.84. The monoisotopic (exact) mass is 304 g/mol. The van der Waals surface area contributed by atoms with Crippen molar-refractivity contribution in [1.29, 1.82) is 0 Å². The van der Waals surface area contributed by atoms with Crippen molar-refractivity contribution < 1.29 is 9.47 Å². The van der Waals surface area contributed by atoms with Crippen LogP contribution in [0.5, 0.6) is 5.75 Å². The van der Waals surface area contributed by atoms with E-state index >= 15 is 0 Å². The van der Waals surface area contributed by atoms with Crippen LogP contribution in [0.3, 0.4) is 0 Å². The summed E-state index contributed by atoms with van der Waals surface area (Å²) >= 11 is 0. The maximum atomic E-state index is 5.85. The molecule has 1 unspecified atom stereocenters. The van der Waals surface area contributed by atoms with Gasteiger partial charge in [-0.25, -0.2) is 0 Å². The van der Waals surface area contributed by atoms with Crippen molar-refractivity contribution in [2.24, 2.45) is 5.92 Å². The summed E-state index contributed by atoms with van der Waals surface area (Å²) in [6.45, 7) is 9.46. The van der Waals surface area contributed by atoms with Crippen LogP contribution in [0.2, 0.25) is 0 Å². The van der Waals surface area contributed by atoms with Crippen molar-refractivity contribution in [2.75, 3.05) is 6.61 Å². The molecule has 1 saturated carbocycles. The second-order valence-electron chi connectivity index (χ2n) is 7.62. The third-order valence-corrected chi connectivity index (χ3v) is 4.63. The van der Waals surface area contributed by atoms with Gasteiger partial charge < -0.3 is 9.47 Å². The van der Waals surface area contributed by atoms with E-state index < -0.39 is 0 Å². The highest BCUT2D eigenvalue weighted by molar-refractivity contribution is 5.31. The molecule has 1 aromatic carbocycles. The Labute approximate surface area is 136 Å². The molecule has 2 heteroatoms. The fourth-order valence-corrected chi connectivity index (χ4v) is 3.14. The SMILES string of the molecule is CC(OCCC1CCCCC1)Oc1ccc(C(C)(C)C)cc1. The summed E-state index contributed by atoms with van der Waals surface area (Å²) in [5.41, 5.74) is 1.51. The Hall–Kier alpha value is -1.02. The Kier molecular flexibility index (Phi) is 6.31. The third-order valence-electron chi connectivity index (χ3n) is 4.63. The molecule has 0 aliphatic heterocycles. The molecule has 0 saturated heterocycles. The van der Waals surface area contributed by atoms with E-state index in [-0.39, 0.29) is 11.7 Å². The molecule has 2 rings (SSSR count). The zero-order chi connectivity index (χ0) is 16.0. The zero-order valence-electron chi connectivity index (χ0n) is 14.7. The predicted molar refractivity (Wildman–Crippen MR) is 92.4 cm³/mol. The smallest absolute Gasteiger partial charge is 0.196 e. The standard InChI is InChI=1S/C20H32O2/c1-16(21-15-14-17-8-6-5-7-9-17)22-19-12-10-18(11-13-19)20(2,3)4/h10-13,16-17H,5-9,14-15H2,1-4H3. The van der Waals surface area contributed by atoms with Crippen LogP contribution in [-0.4, -0.2) is 12.9 Å². The lowest BCUT2D eigenvalue weighted by Gasteiger charge is -2.23. The molecular formula is C20H32O2. The van der Waals surface area contributed by atoms with Gasteiger partial charge in [-0.2, -0.15) is 0 Å². The first-order valence-electron chi connectivity index (χ1n) is 8.84.